The van der Waals surface area contributed by atoms with E-state index in [1.807, 2.05) is 48.4 Å². The SMILES string of the molecule is CCC(C)N(CC(=O)N1CCc2sccc2C1c1ccccc1C)S(=O)(=O)c1ccc(F)cc1. The molecule has 5 nitrogen and oxygen atoms in total. The third-order valence-corrected chi connectivity index (χ3v) is 9.53. The van der Waals surface area contributed by atoms with Gasteiger partial charge in [-0.15, -0.1) is 11.3 Å². The van der Waals surface area contributed by atoms with Crippen molar-refractivity contribution in [1.29, 1.82) is 0 Å². The van der Waals surface area contributed by atoms with Crippen LogP contribution in [0.5, 0.6) is 0 Å². The Morgan fingerprint density at radius 2 is 1.85 bits per heavy atom. The largest absolute Gasteiger partial charge is 0.330 e. The molecule has 0 saturated heterocycles. The number of amides is 1. The van der Waals surface area contributed by atoms with Gasteiger partial charge in [-0.1, -0.05) is 31.2 Å². The van der Waals surface area contributed by atoms with Crippen LogP contribution in [0.25, 0.3) is 0 Å². The van der Waals surface area contributed by atoms with Crippen LogP contribution in [0.4, 0.5) is 4.39 Å². The van der Waals surface area contributed by atoms with Gasteiger partial charge in [0.25, 0.3) is 0 Å². The number of hydrogen-bond donors (Lipinski definition) is 0. The summed E-state index contributed by atoms with van der Waals surface area (Å²) in [5.74, 6) is -0.748. The maximum absolute atomic E-state index is 13.8. The molecule has 0 fully saturated rings. The van der Waals surface area contributed by atoms with Crippen molar-refractivity contribution in [3.63, 3.8) is 0 Å². The first kappa shape index (κ1) is 24.6. The number of sulfonamides is 1. The van der Waals surface area contributed by atoms with E-state index in [0.717, 1.165) is 35.2 Å². The quantitative estimate of drug-likeness (QED) is 0.450. The molecule has 0 radical (unpaired) electrons. The molecular formula is C26H29FN2O3S2. The summed E-state index contributed by atoms with van der Waals surface area (Å²) in [6.45, 7) is 5.97. The molecule has 0 N–H and O–H groups in total. The number of aryl methyl sites for hydroxylation is 1. The lowest BCUT2D eigenvalue weighted by molar-refractivity contribution is -0.133. The molecule has 8 heteroatoms. The number of carbonyl (C=O) groups excluding carboxylic acids is 1. The predicted octanol–water partition coefficient (Wildman–Crippen LogP) is 5.16. The predicted molar refractivity (Wildman–Crippen MR) is 133 cm³/mol. The van der Waals surface area contributed by atoms with Gasteiger partial charge >= 0.3 is 0 Å². The second-order valence-corrected chi connectivity index (χ2v) is 11.5. The fourth-order valence-corrected chi connectivity index (χ4v) is 7.02. The van der Waals surface area contributed by atoms with E-state index in [1.165, 1.54) is 21.3 Å². The number of carbonyl (C=O) groups is 1. The highest BCUT2D eigenvalue weighted by molar-refractivity contribution is 7.89. The molecule has 2 atom stereocenters. The van der Waals surface area contributed by atoms with Gasteiger partial charge in [0.15, 0.2) is 0 Å². The minimum atomic E-state index is -3.98. The van der Waals surface area contributed by atoms with E-state index in [9.17, 15) is 17.6 Å². The number of halogens is 1. The summed E-state index contributed by atoms with van der Waals surface area (Å²) in [5, 5.41) is 2.05. The number of thiophene rings is 1. The van der Waals surface area contributed by atoms with Gasteiger partial charge in [-0.2, -0.15) is 4.31 Å². The summed E-state index contributed by atoms with van der Waals surface area (Å²) < 4.78 is 41.6. The molecule has 0 aliphatic carbocycles. The van der Waals surface area contributed by atoms with E-state index in [2.05, 4.69) is 6.07 Å². The average molecular weight is 501 g/mol. The third-order valence-electron chi connectivity index (χ3n) is 6.56. The minimum Gasteiger partial charge on any atom is -0.330 e. The Bertz CT molecular complexity index is 1270. The normalized spacial score (nSPS) is 17.0. The summed E-state index contributed by atoms with van der Waals surface area (Å²) in [5.41, 5.74) is 3.24. The Morgan fingerprint density at radius 1 is 1.15 bits per heavy atom. The Kier molecular flexibility index (Phi) is 7.21. The van der Waals surface area contributed by atoms with Crippen LogP contribution in [0, 0.1) is 12.7 Å². The maximum Gasteiger partial charge on any atom is 0.243 e. The van der Waals surface area contributed by atoms with E-state index in [4.69, 9.17) is 0 Å². The van der Waals surface area contributed by atoms with E-state index in [-0.39, 0.29) is 23.4 Å². The van der Waals surface area contributed by atoms with Gasteiger partial charge in [-0.05, 0) is 79.1 Å². The van der Waals surface area contributed by atoms with Crippen molar-refractivity contribution in [1.82, 2.24) is 9.21 Å². The van der Waals surface area contributed by atoms with Gasteiger partial charge in [0, 0.05) is 17.5 Å². The van der Waals surface area contributed by atoms with Gasteiger partial charge in [-0.3, -0.25) is 4.79 Å². The van der Waals surface area contributed by atoms with Crippen molar-refractivity contribution in [3.05, 3.63) is 87.4 Å². The molecule has 1 aromatic heterocycles. The Hall–Kier alpha value is -2.55. The molecule has 2 aromatic carbocycles. The highest BCUT2D eigenvalue weighted by Crippen LogP contribution is 2.39. The summed E-state index contributed by atoms with van der Waals surface area (Å²) in [6.07, 6.45) is 1.29. The summed E-state index contributed by atoms with van der Waals surface area (Å²) in [6, 6.07) is 14.2. The zero-order valence-electron chi connectivity index (χ0n) is 19.6. The average Bonchev–Trinajstić information content (AvgIpc) is 3.31. The van der Waals surface area contributed by atoms with E-state index < -0.39 is 21.9 Å². The molecule has 2 unspecified atom stereocenters. The molecule has 4 rings (SSSR count). The molecule has 34 heavy (non-hydrogen) atoms. The lowest BCUT2D eigenvalue weighted by Gasteiger charge is -2.38. The topological polar surface area (TPSA) is 57.7 Å². The second kappa shape index (κ2) is 9.98. The molecule has 0 saturated carbocycles. The van der Waals surface area contributed by atoms with E-state index in [0.29, 0.717) is 13.0 Å². The van der Waals surface area contributed by atoms with Crippen LogP contribution < -0.4 is 0 Å². The van der Waals surface area contributed by atoms with Crippen molar-refractivity contribution < 1.29 is 17.6 Å². The van der Waals surface area contributed by atoms with Crippen LogP contribution >= 0.6 is 11.3 Å². The molecule has 0 spiro atoms. The molecule has 3 aromatic rings. The monoisotopic (exact) mass is 500 g/mol. The zero-order chi connectivity index (χ0) is 24.5. The number of hydrogen-bond acceptors (Lipinski definition) is 4. The molecule has 180 valence electrons. The van der Waals surface area contributed by atoms with Gasteiger partial charge in [0.05, 0.1) is 17.5 Å². The first-order valence-corrected chi connectivity index (χ1v) is 13.7. The molecule has 1 aliphatic rings. The molecule has 0 bridgehead atoms. The van der Waals surface area contributed by atoms with Crippen LogP contribution in [0.3, 0.4) is 0 Å². The smallest absolute Gasteiger partial charge is 0.243 e. The lowest BCUT2D eigenvalue weighted by Crippen LogP contribution is -2.49. The Morgan fingerprint density at radius 3 is 2.53 bits per heavy atom. The van der Waals surface area contributed by atoms with E-state index in [1.54, 1.807) is 18.3 Å². The van der Waals surface area contributed by atoms with Crippen LogP contribution in [0.2, 0.25) is 0 Å². The fraction of sp³-hybridized carbons (Fsp3) is 0.346. The highest BCUT2D eigenvalue weighted by atomic mass is 32.2. The van der Waals surface area contributed by atoms with Crippen LogP contribution in [-0.4, -0.2) is 42.7 Å². The number of fused-ring (bicyclic) bond motifs is 1. The molecular weight excluding hydrogens is 471 g/mol. The summed E-state index contributed by atoms with van der Waals surface area (Å²) in [7, 11) is -3.98. The molecule has 1 aliphatic heterocycles. The zero-order valence-corrected chi connectivity index (χ0v) is 21.2. The van der Waals surface area contributed by atoms with Crippen molar-refractivity contribution in [2.24, 2.45) is 0 Å². The second-order valence-electron chi connectivity index (χ2n) is 8.66. The lowest BCUT2D eigenvalue weighted by atomic mass is 9.90. The number of nitrogens with zero attached hydrogens (tertiary/aromatic N) is 2. The fourth-order valence-electron chi connectivity index (χ4n) is 4.46. The van der Waals surface area contributed by atoms with E-state index >= 15 is 0 Å². The first-order chi connectivity index (χ1) is 16.2. The van der Waals surface area contributed by atoms with Crippen molar-refractivity contribution in [2.45, 2.75) is 50.6 Å². The van der Waals surface area contributed by atoms with Crippen LogP contribution in [0.15, 0.2) is 64.9 Å². The van der Waals surface area contributed by atoms with Crippen molar-refractivity contribution >= 4 is 27.3 Å². The van der Waals surface area contributed by atoms with Gasteiger partial charge < -0.3 is 4.90 Å². The third kappa shape index (κ3) is 4.67. The molecule has 2 heterocycles. The summed E-state index contributed by atoms with van der Waals surface area (Å²) >= 11 is 1.69. The number of rotatable bonds is 7. The van der Waals surface area contributed by atoms with Crippen LogP contribution in [0.1, 0.15) is 47.9 Å². The van der Waals surface area contributed by atoms with Crippen LogP contribution in [-0.2, 0) is 21.2 Å². The maximum atomic E-state index is 13.8. The molecule has 1 amide bonds. The Balaban J connectivity index is 1.69. The minimum absolute atomic E-state index is 0.0174. The van der Waals surface area contributed by atoms with Gasteiger partial charge in [0.1, 0.15) is 5.82 Å². The summed E-state index contributed by atoms with van der Waals surface area (Å²) in [4.78, 5) is 16.8. The van der Waals surface area contributed by atoms with Crippen molar-refractivity contribution in [3.8, 4) is 0 Å². The van der Waals surface area contributed by atoms with Crippen molar-refractivity contribution in [2.75, 3.05) is 13.1 Å². The standard InChI is InChI=1S/C26H29FN2O3S2/c1-4-19(3)29(34(31,32)21-11-9-20(27)10-12-21)17-25(30)28-15-13-24-23(14-16-33-24)26(28)22-8-6-5-7-18(22)2/h5-12,14,16,19,26H,4,13,15,17H2,1-3H3. The Labute approximate surface area is 204 Å². The first-order valence-electron chi connectivity index (χ1n) is 11.4. The van der Waals surface area contributed by atoms with Gasteiger partial charge in [0.2, 0.25) is 15.9 Å². The number of benzene rings is 2. The van der Waals surface area contributed by atoms with Gasteiger partial charge in [-0.25, -0.2) is 12.8 Å². The highest BCUT2D eigenvalue weighted by Gasteiger charge is 2.37.